The largest absolute Gasteiger partial charge is 0.321 e. The molecule has 148 valence electrons. The van der Waals surface area contributed by atoms with Crippen molar-refractivity contribution in [1.29, 1.82) is 0 Å². The van der Waals surface area contributed by atoms with Crippen LogP contribution in [0.15, 0.2) is 41.6 Å². The number of anilines is 1. The highest BCUT2D eigenvalue weighted by Crippen LogP contribution is 2.16. The predicted molar refractivity (Wildman–Crippen MR) is 95.9 cm³/mol. The van der Waals surface area contributed by atoms with Crippen molar-refractivity contribution in [3.8, 4) is 0 Å². The quantitative estimate of drug-likeness (QED) is 0.745. The van der Waals surface area contributed by atoms with E-state index < -0.39 is 22.6 Å². The number of hydrogen-bond acceptors (Lipinski definition) is 4. The molecule has 2 N–H and O–H groups in total. The fraction of sp³-hybridized carbons (Fsp3) is 0.375. The van der Waals surface area contributed by atoms with Gasteiger partial charge in [-0.05, 0) is 38.1 Å². The Hall–Kier alpha value is -2.53. The maximum atomic E-state index is 12.8. The number of aromatic nitrogens is 2. The number of halogens is 2. The van der Waals surface area contributed by atoms with Gasteiger partial charge >= 0.3 is 12.6 Å². The zero-order valence-electron chi connectivity index (χ0n) is 15.1. The Morgan fingerprint density at radius 3 is 2.44 bits per heavy atom. The predicted octanol–water partition coefficient (Wildman–Crippen LogP) is 2.63. The lowest BCUT2D eigenvalue weighted by atomic mass is 10.3. The number of imidazole rings is 1. The van der Waals surface area contributed by atoms with Gasteiger partial charge in [0.2, 0.25) is 10.0 Å². The minimum atomic E-state index is -3.62. The van der Waals surface area contributed by atoms with Gasteiger partial charge in [-0.3, -0.25) is 4.57 Å². The van der Waals surface area contributed by atoms with E-state index in [-0.39, 0.29) is 23.3 Å². The highest BCUT2D eigenvalue weighted by atomic mass is 32.2. The van der Waals surface area contributed by atoms with Crippen molar-refractivity contribution in [1.82, 2.24) is 19.2 Å². The molecule has 1 aromatic carbocycles. The van der Waals surface area contributed by atoms with E-state index in [4.69, 9.17) is 0 Å². The van der Waals surface area contributed by atoms with Gasteiger partial charge < -0.3 is 10.2 Å². The number of amides is 2. The van der Waals surface area contributed by atoms with E-state index in [0.29, 0.717) is 10.3 Å². The molecular weight excluding hydrogens is 380 g/mol. The standard InChI is InChI=1S/C16H21F2N5O3S/c1-11(2)21-27(25,26)13-6-4-12(5-7-13)20-16(24)22(3)10-14-19-8-9-23(14)15(17)18/h4-9,11,15,21H,10H2,1-3H3,(H,20,24). The molecule has 0 saturated heterocycles. The average molecular weight is 401 g/mol. The average Bonchev–Trinajstić information content (AvgIpc) is 3.02. The van der Waals surface area contributed by atoms with Crippen LogP contribution in [0.5, 0.6) is 0 Å². The lowest BCUT2D eigenvalue weighted by Crippen LogP contribution is -2.32. The lowest BCUT2D eigenvalue weighted by Gasteiger charge is -2.18. The van der Waals surface area contributed by atoms with Crippen LogP contribution in [-0.2, 0) is 16.6 Å². The summed E-state index contributed by atoms with van der Waals surface area (Å²) in [6.45, 7) is 0.559. The first-order valence-electron chi connectivity index (χ1n) is 8.04. The molecule has 2 amide bonds. The van der Waals surface area contributed by atoms with Crippen LogP contribution < -0.4 is 10.0 Å². The Bertz CT molecular complexity index is 882. The Morgan fingerprint density at radius 1 is 1.26 bits per heavy atom. The van der Waals surface area contributed by atoms with Gasteiger partial charge in [-0.25, -0.2) is 22.9 Å². The summed E-state index contributed by atoms with van der Waals surface area (Å²) in [7, 11) is -2.19. The van der Waals surface area contributed by atoms with Crippen molar-refractivity contribution in [2.45, 2.75) is 37.9 Å². The summed E-state index contributed by atoms with van der Waals surface area (Å²) >= 11 is 0. The molecule has 0 aliphatic carbocycles. The van der Waals surface area contributed by atoms with E-state index in [9.17, 15) is 22.0 Å². The van der Waals surface area contributed by atoms with Crippen LogP contribution in [0.25, 0.3) is 0 Å². The van der Waals surface area contributed by atoms with Crippen LogP contribution in [0.1, 0.15) is 26.2 Å². The highest BCUT2D eigenvalue weighted by molar-refractivity contribution is 7.89. The fourth-order valence-corrected chi connectivity index (χ4v) is 3.49. The second kappa shape index (κ2) is 8.44. The van der Waals surface area contributed by atoms with Crippen LogP contribution in [0.4, 0.5) is 19.3 Å². The van der Waals surface area contributed by atoms with Crippen LogP contribution in [0.2, 0.25) is 0 Å². The molecule has 0 fully saturated rings. The minimum Gasteiger partial charge on any atom is -0.320 e. The summed E-state index contributed by atoms with van der Waals surface area (Å²) in [6.07, 6.45) is 2.37. The van der Waals surface area contributed by atoms with Crippen LogP contribution in [0.3, 0.4) is 0 Å². The normalized spacial score (nSPS) is 11.8. The van der Waals surface area contributed by atoms with Crippen molar-refractivity contribution < 1.29 is 22.0 Å². The Labute approximate surface area is 156 Å². The van der Waals surface area contributed by atoms with Gasteiger partial charge in [0.05, 0.1) is 11.4 Å². The van der Waals surface area contributed by atoms with E-state index in [0.717, 1.165) is 6.20 Å². The maximum Gasteiger partial charge on any atom is 0.321 e. The molecule has 0 bridgehead atoms. The molecule has 0 radical (unpaired) electrons. The number of hydrogen-bond donors (Lipinski definition) is 2. The number of nitrogens with zero attached hydrogens (tertiary/aromatic N) is 3. The number of sulfonamides is 1. The number of carbonyl (C=O) groups is 1. The van der Waals surface area contributed by atoms with Gasteiger partial charge in [0.25, 0.3) is 0 Å². The lowest BCUT2D eigenvalue weighted by molar-refractivity contribution is 0.0652. The molecule has 0 unspecified atom stereocenters. The fourth-order valence-electron chi connectivity index (χ4n) is 2.24. The number of urea groups is 1. The molecular formula is C16H21F2N5O3S. The molecule has 27 heavy (non-hydrogen) atoms. The van der Waals surface area contributed by atoms with E-state index in [2.05, 4.69) is 15.0 Å². The Balaban J connectivity index is 2.02. The highest BCUT2D eigenvalue weighted by Gasteiger charge is 2.18. The summed E-state index contributed by atoms with van der Waals surface area (Å²) in [4.78, 5) is 17.3. The number of alkyl halides is 2. The zero-order chi connectivity index (χ0) is 20.2. The molecule has 0 aliphatic rings. The van der Waals surface area contributed by atoms with Crippen LogP contribution >= 0.6 is 0 Å². The van der Waals surface area contributed by atoms with Crippen molar-refractivity contribution in [2.75, 3.05) is 12.4 Å². The zero-order valence-corrected chi connectivity index (χ0v) is 15.9. The molecule has 1 aromatic heterocycles. The molecule has 2 aromatic rings. The SMILES string of the molecule is CC(C)NS(=O)(=O)c1ccc(NC(=O)N(C)Cc2nccn2C(F)F)cc1. The van der Waals surface area contributed by atoms with Gasteiger partial charge in [0.1, 0.15) is 5.82 Å². The number of benzene rings is 1. The second-order valence-electron chi connectivity index (χ2n) is 6.11. The Morgan fingerprint density at radius 2 is 1.89 bits per heavy atom. The third kappa shape index (κ3) is 5.47. The molecule has 1 heterocycles. The van der Waals surface area contributed by atoms with Crippen molar-refractivity contribution in [3.05, 3.63) is 42.5 Å². The van der Waals surface area contributed by atoms with Gasteiger partial charge in [-0.15, -0.1) is 0 Å². The first-order valence-corrected chi connectivity index (χ1v) is 9.53. The summed E-state index contributed by atoms with van der Waals surface area (Å²) in [5, 5.41) is 2.57. The third-order valence-corrected chi connectivity index (χ3v) is 5.17. The van der Waals surface area contributed by atoms with Crippen molar-refractivity contribution in [3.63, 3.8) is 0 Å². The monoisotopic (exact) mass is 401 g/mol. The first-order chi connectivity index (χ1) is 12.6. The van der Waals surface area contributed by atoms with Gasteiger partial charge in [0.15, 0.2) is 0 Å². The first kappa shape index (κ1) is 20.8. The molecule has 11 heteroatoms. The minimum absolute atomic E-state index is 0.0452. The Kier molecular flexibility index (Phi) is 6.50. The molecule has 2 rings (SSSR count). The van der Waals surface area contributed by atoms with Crippen LogP contribution in [0, 0.1) is 0 Å². The van der Waals surface area contributed by atoms with E-state index in [1.165, 1.54) is 42.4 Å². The smallest absolute Gasteiger partial charge is 0.320 e. The molecule has 0 saturated carbocycles. The van der Waals surface area contributed by atoms with E-state index in [1.807, 2.05) is 0 Å². The molecule has 8 nitrogen and oxygen atoms in total. The van der Waals surface area contributed by atoms with Gasteiger partial charge in [0, 0.05) is 31.2 Å². The van der Waals surface area contributed by atoms with Gasteiger partial charge in [-0.1, -0.05) is 0 Å². The summed E-state index contributed by atoms with van der Waals surface area (Å²) in [5.41, 5.74) is 0.368. The maximum absolute atomic E-state index is 12.8. The second-order valence-corrected chi connectivity index (χ2v) is 7.83. The van der Waals surface area contributed by atoms with Gasteiger partial charge in [-0.2, -0.15) is 8.78 Å². The topological polar surface area (TPSA) is 96.3 Å². The van der Waals surface area contributed by atoms with E-state index >= 15 is 0 Å². The van der Waals surface area contributed by atoms with E-state index in [1.54, 1.807) is 13.8 Å². The van der Waals surface area contributed by atoms with Crippen molar-refractivity contribution in [2.24, 2.45) is 0 Å². The molecule has 0 atom stereocenters. The van der Waals surface area contributed by atoms with Crippen LogP contribution in [-0.4, -0.2) is 42.0 Å². The number of carbonyl (C=O) groups excluding carboxylic acids is 1. The summed E-state index contributed by atoms with van der Waals surface area (Å²) in [5.74, 6) is 0.0452. The summed E-state index contributed by atoms with van der Waals surface area (Å²) in [6, 6.07) is 4.83. The molecule has 0 spiro atoms. The van der Waals surface area contributed by atoms with Crippen molar-refractivity contribution >= 4 is 21.7 Å². The molecule has 0 aliphatic heterocycles. The number of rotatable bonds is 7. The third-order valence-electron chi connectivity index (χ3n) is 3.49. The summed E-state index contributed by atoms with van der Waals surface area (Å²) < 4.78 is 52.9. The number of nitrogens with one attached hydrogen (secondary N) is 2.